The molecule has 4 aliphatic rings. The van der Waals surface area contributed by atoms with Crippen molar-refractivity contribution < 1.29 is 25.2 Å². The van der Waals surface area contributed by atoms with Gasteiger partial charge in [0.1, 0.15) is 0 Å². The summed E-state index contributed by atoms with van der Waals surface area (Å²) < 4.78 is 0. The maximum Gasteiger partial charge on any atom is 0.303 e. The molecule has 29 heavy (non-hydrogen) atoms. The topological polar surface area (TPSA) is 98.0 Å². The van der Waals surface area contributed by atoms with Gasteiger partial charge in [0.05, 0.1) is 18.3 Å². The molecule has 11 atom stereocenters. The highest BCUT2D eigenvalue weighted by molar-refractivity contribution is 5.66. The van der Waals surface area contributed by atoms with E-state index in [9.17, 15) is 20.1 Å². The molecule has 4 aliphatic carbocycles. The number of rotatable bonds is 4. The van der Waals surface area contributed by atoms with Gasteiger partial charge < -0.3 is 20.4 Å². The van der Waals surface area contributed by atoms with Crippen LogP contribution in [0.15, 0.2) is 0 Å². The average molecular weight is 409 g/mol. The Morgan fingerprint density at radius 2 is 1.76 bits per heavy atom. The van der Waals surface area contributed by atoms with Crippen LogP contribution in [0.3, 0.4) is 0 Å². The average Bonchev–Trinajstić information content (AvgIpc) is 3.01. The van der Waals surface area contributed by atoms with Gasteiger partial charge in [-0.25, -0.2) is 0 Å². The maximum absolute atomic E-state index is 11.5. The van der Waals surface area contributed by atoms with Crippen LogP contribution in [0.4, 0.5) is 0 Å². The molecule has 4 saturated carbocycles. The molecule has 0 aliphatic heterocycles. The summed E-state index contributed by atoms with van der Waals surface area (Å²) >= 11 is 0. The lowest BCUT2D eigenvalue weighted by Crippen LogP contribution is -2.62. The smallest absolute Gasteiger partial charge is 0.303 e. The molecule has 0 spiro atoms. The number of aliphatic hydroxyl groups is 3. The van der Waals surface area contributed by atoms with Crippen LogP contribution in [0.1, 0.15) is 78.6 Å². The highest BCUT2D eigenvalue weighted by atomic mass is 16.4. The van der Waals surface area contributed by atoms with Crippen LogP contribution in [-0.4, -0.2) is 44.7 Å². The van der Waals surface area contributed by atoms with Gasteiger partial charge in [-0.1, -0.05) is 20.8 Å². The molecule has 166 valence electrons. The number of carboxylic acid groups (broad SMARTS) is 1. The number of fused-ring (bicyclic) bond motifs is 5. The van der Waals surface area contributed by atoms with Crippen LogP contribution >= 0.6 is 0 Å². The highest BCUT2D eigenvalue weighted by Crippen LogP contribution is 2.68. The van der Waals surface area contributed by atoms with Crippen molar-refractivity contribution in [3.05, 3.63) is 0 Å². The van der Waals surface area contributed by atoms with Gasteiger partial charge in [0.2, 0.25) is 0 Å². The van der Waals surface area contributed by atoms with Crippen molar-refractivity contribution in [2.45, 2.75) is 96.9 Å². The third kappa shape index (κ3) is 3.27. The van der Waals surface area contributed by atoms with Gasteiger partial charge in [-0.3, -0.25) is 4.79 Å². The predicted octanol–water partition coefficient (Wildman–Crippen LogP) is 3.45. The van der Waals surface area contributed by atoms with E-state index in [0.29, 0.717) is 30.1 Å². The molecule has 0 amide bonds. The van der Waals surface area contributed by atoms with Crippen molar-refractivity contribution in [3.63, 3.8) is 0 Å². The number of carboxylic acids is 1. The van der Waals surface area contributed by atoms with Gasteiger partial charge >= 0.3 is 5.97 Å². The first-order chi connectivity index (χ1) is 13.6. The van der Waals surface area contributed by atoms with Gasteiger partial charge in [-0.15, -0.1) is 0 Å². The Hall–Kier alpha value is -0.650. The summed E-state index contributed by atoms with van der Waals surface area (Å²) in [7, 11) is 0. The van der Waals surface area contributed by atoms with E-state index in [4.69, 9.17) is 5.11 Å². The monoisotopic (exact) mass is 408 g/mol. The summed E-state index contributed by atoms with van der Waals surface area (Å²) in [5, 5.41) is 42.0. The maximum atomic E-state index is 11.5. The third-order valence-electron chi connectivity index (χ3n) is 10.3. The molecular weight excluding hydrogens is 368 g/mol. The molecule has 4 fully saturated rings. The first-order valence-corrected chi connectivity index (χ1v) is 11.8. The second kappa shape index (κ2) is 7.49. The van der Waals surface area contributed by atoms with Crippen LogP contribution in [0, 0.1) is 46.3 Å². The first kappa shape index (κ1) is 21.6. The highest BCUT2D eigenvalue weighted by Gasteiger charge is 2.65. The lowest BCUT2D eigenvalue weighted by molar-refractivity contribution is -0.207. The van der Waals surface area contributed by atoms with E-state index in [0.717, 1.165) is 44.9 Å². The third-order valence-corrected chi connectivity index (χ3v) is 10.3. The van der Waals surface area contributed by atoms with Crippen LogP contribution < -0.4 is 0 Å². The molecule has 0 aromatic rings. The zero-order chi connectivity index (χ0) is 21.1. The van der Waals surface area contributed by atoms with Crippen LogP contribution in [0.5, 0.6) is 0 Å². The summed E-state index contributed by atoms with van der Waals surface area (Å²) in [5.41, 5.74) is -0.143. The van der Waals surface area contributed by atoms with E-state index in [1.807, 2.05) is 0 Å². The standard InChI is InChI=1S/C24H40O5/c1-13(4-7-21(28)29)16-5-6-17-22-18(12-20(27)24(16,17)3)23(2)9-8-15(25)10-14(23)11-19(22)26/h13-20,22,25-27H,4-12H2,1-3H3,(H,28,29)/t13-,14+,15-,16?,17?,18?,19+,20?,22-,23?,24?/m1/s1. The van der Waals surface area contributed by atoms with Gasteiger partial charge in [0, 0.05) is 6.42 Å². The minimum absolute atomic E-state index is 0.0957. The molecule has 0 aromatic heterocycles. The summed E-state index contributed by atoms with van der Waals surface area (Å²) in [4.78, 5) is 11.1. The molecule has 0 bridgehead atoms. The van der Waals surface area contributed by atoms with Crippen molar-refractivity contribution in [1.29, 1.82) is 0 Å². The van der Waals surface area contributed by atoms with Crippen molar-refractivity contribution in [2.75, 3.05) is 0 Å². The van der Waals surface area contributed by atoms with Crippen LogP contribution in [0.25, 0.3) is 0 Å². The van der Waals surface area contributed by atoms with E-state index in [1.165, 1.54) is 0 Å². The summed E-state index contributed by atoms with van der Waals surface area (Å²) in [6.45, 7) is 6.72. The molecule has 0 aromatic carbocycles. The van der Waals surface area contributed by atoms with E-state index >= 15 is 0 Å². The largest absolute Gasteiger partial charge is 0.481 e. The van der Waals surface area contributed by atoms with Crippen molar-refractivity contribution >= 4 is 5.97 Å². The fourth-order valence-electron chi connectivity index (χ4n) is 8.68. The summed E-state index contributed by atoms with van der Waals surface area (Å²) in [6.07, 6.45) is 6.00. The molecule has 4 N–H and O–H groups in total. The van der Waals surface area contributed by atoms with E-state index in [-0.39, 0.29) is 41.3 Å². The molecule has 0 saturated heterocycles. The van der Waals surface area contributed by atoms with Crippen LogP contribution in [0.2, 0.25) is 0 Å². The van der Waals surface area contributed by atoms with Crippen molar-refractivity contribution in [3.8, 4) is 0 Å². The van der Waals surface area contributed by atoms with Gasteiger partial charge in [0.15, 0.2) is 0 Å². The molecule has 5 nitrogen and oxygen atoms in total. The second-order valence-corrected chi connectivity index (χ2v) is 11.4. The lowest BCUT2D eigenvalue weighted by atomic mass is 9.43. The first-order valence-electron chi connectivity index (χ1n) is 11.8. The Balaban J connectivity index is 1.61. The predicted molar refractivity (Wildman–Crippen MR) is 110 cm³/mol. The van der Waals surface area contributed by atoms with Crippen LogP contribution in [-0.2, 0) is 4.79 Å². The van der Waals surface area contributed by atoms with E-state index in [2.05, 4.69) is 20.8 Å². The van der Waals surface area contributed by atoms with Gasteiger partial charge in [0.25, 0.3) is 0 Å². The lowest BCUT2D eigenvalue weighted by Gasteiger charge is -2.63. The van der Waals surface area contributed by atoms with E-state index < -0.39 is 12.1 Å². The number of carbonyl (C=O) groups is 1. The van der Waals surface area contributed by atoms with Gasteiger partial charge in [-0.05, 0) is 97.7 Å². The zero-order valence-corrected chi connectivity index (χ0v) is 18.3. The normalized spacial score (nSPS) is 52.9. The Bertz CT molecular complexity index is 637. The zero-order valence-electron chi connectivity index (χ0n) is 18.3. The molecular formula is C24H40O5. The Kier molecular flexibility index (Phi) is 5.57. The number of aliphatic carboxylic acids is 1. The Morgan fingerprint density at radius 3 is 2.45 bits per heavy atom. The Morgan fingerprint density at radius 1 is 1.03 bits per heavy atom. The van der Waals surface area contributed by atoms with Crippen molar-refractivity contribution in [2.24, 2.45) is 46.3 Å². The molecule has 0 heterocycles. The molecule has 0 radical (unpaired) electrons. The molecule has 6 unspecified atom stereocenters. The van der Waals surface area contributed by atoms with Gasteiger partial charge in [-0.2, -0.15) is 0 Å². The Labute approximate surface area is 174 Å². The fourth-order valence-corrected chi connectivity index (χ4v) is 8.68. The number of hydrogen-bond donors (Lipinski definition) is 4. The SMILES string of the molecule is C[C@H](CCC(=O)O)C1CCC2[C@@H]3C(CC(O)C21C)C1(C)CC[C@@H](O)C[C@H]1C[C@@H]3O. The fraction of sp³-hybridized carbons (Fsp3) is 0.958. The molecule has 5 heteroatoms. The van der Waals surface area contributed by atoms with Crippen molar-refractivity contribution in [1.82, 2.24) is 0 Å². The minimum Gasteiger partial charge on any atom is -0.481 e. The summed E-state index contributed by atoms with van der Waals surface area (Å²) in [5.74, 6) is 0.997. The van der Waals surface area contributed by atoms with E-state index in [1.54, 1.807) is 0 Å². The minimum atomic E-state index is -0.748. The number of hydrogen-bond acceptors (Lipinski definition) is 4. The quantitative estimate of drug-likeness (QED) is 0.571. The number of aliphatic hydroxyl groups excluding tert-OH is 3. The summed E-state index contributed by atoms with van der Waals surface area (Å²) in [6, 6.07) is 0. The second-order valence-electron chi connectivity index (χ2n) is 11.4. The molecule has 4 rings (SSSR count).